The number of aromatic nitrogens is 3. The highest BCUT2D eigenvalue weighted by molar-refractivity contribution is 6.34. The van der Waals surface area contributed by atoms with Gasteiger partial charge in [0.1, 0.15) is 5.82 Å². The molecular weight excluding hydrogens is 275 g/mol. The van der Waals surface area contributed by atoms with Crippen LogP contribution < -0.4 is 4.90 Å². The zero-order valence-electron chi connectivity index (χ0n) is 9.34. The van der Waals surface area contributed by atoms with Gasteiger partial charge in [0.05, 0.1) is 5.56 Å². The Labute approximate surface area is 113 Å². The molecule has 92 valence electrons. The number of amides is 1. The maximum absolute atomic E-state index is 12.2. The lowest BCUT2D eigenvalue weighted by molar-refractivity contribution is 0.0992. The van der Waals surface area contributed by atoms with Gasteiger partial charge in [-0.2, -0.15) is 0 Å². The summed E-state index contributed by atoms with van der Waals surface area (Å²) < 4.78 is 0. The number of anilines is 1. The number of carbonyl (C=O) groups excluding carboxylic acids is 1. The maximum Gasteiger partial charge on any atom is 0.262 e. The smallest absolute Gasteiger partial charge is 0.262 e. The number of carbonyl (C=O) groups is 1. The van der Waals surface area contributed by atoms with Gasteiger partial charge in [-0.05, 0) is 18.2 Å². The Kier molecular flexibility index (Phi) is 3.74. The molecule has 0 saturated heterocycles. The van der Waals surface area contributed by atoms with E-state index in [2.05, 4.69) is 15.2 Å². The highest BCUT2D eigenvalue weighted by Gasteiger charge is 2.19. The Morgan fingerprint density at radius 3 is 2.72 bits per heavy atom. The highest BCUT2D eigenvalue weighted by Crippen LogP contribution is 2.19. The fourth-order valence-electron chi connectivity index (χ4n) is 1.34. The first-order chi connectivity index (χ1) is 8.59. The fraction of sp³-hybridized carbons (Fsp3) is 0.0909. The Balaban J connectivity index is 2.34. The molecule has 0 aliphatic heterocycles. The van der Waals surface area contributed by atoms with Crippen molar-refractivity contribution in [2.75, 3.05) is 11.9 Å². The first-order valence-electron chi connectivity index (χ1n) is 4.97. The van der Waals surface area contributed by atoms with Crippen molar-refractivity contribution in [3.8, 4) is 0 Å². The molecule has 0 spiro atoms. The van der Waals surface area contributed by atoms with E-state index in [1.165, 1.54) is 11.0 Å². The minimum atomic E-state index is -0.351. The van der Waals surface area contributed by atoms with E-state index in [4.69, 9.17) is 23.2 Å². The molecule has 2 aromatic rings. The normalized spacial score (nSPS) is 10.2. The molecule has 0 bridgehead atoms. The monoisotopic (exact) mass is 282 g/mol. The van der Waals surface area contributed by atoms with Crippen LogP contribution in [0.15, 0.2) is 30.5 Å². The number of hydrogen-bond acceptors (Lipinski definition) is 4. The molecule has 0 radical (unpaired) electrons. The third-order valence-electron chi connectivity index (χ3n) is 2.25. The van der Waals surface area contributed by atoms with Crippen LogP contribution in [0.1, 0.15) is 10.4 Å². The largest absolute Gasteiger partial charge is 0.296 e. The summed E-state index contributed by atoms with van der Waals surface area (Å²) >= 11 is 11.5. The molecule has 0 aromatic carbocycles. The van der Waals surface area contributed by atoms with E-state index < -0.39 is 0 Å². The van der Waals surface area contributed by atoms with Crippen LogP contribution in [0.25, 0.3) is 0 Å². The quantitative estimate of drug-likeness (QED) is 0.849. The number of halogens is 2. The molecule has 5 nitrogen and oxygen atoms in total. The van der Waals surface area contributed by atoms with Crippen LogP contribution in [-0.4, -0.2) is 28.1 Å². The van der Waals surface area contributed by atoms with E-state index in [-0.39, 0.29) is 21.8 Å². The van der Waals surface area contributed by atoms with Crippen molar-refractivity contribution in [2.45, 2.75) is 0 Å². The first kappa shape index (κ1) is 12.7. The van der Waals surface area contributed by atoms with Crippen molar-refractivity contribution in [3.05, 3.63) is 46.3 Å². The van der Waals surface area contributed by atoms with Gasteiger partial charge in [-0.25, -0.2) is 4.98 Å². The second-order valence-electron chi connectivity index (χ2n) is 3.42. The summed E-state index contributed by atoms with van der Waals surface area (Å²) in [6.45, 7) is 0. The zero-order valence-corrected chi connectivity index (χ0v) is 10.9. The summed E-state index contributed by atoms with van der Waals surface area (Å²) in [7, 11) is 1.59. The van der Waals surface area contributed by atoms with Crippen molar-refractivity contribution >= 4 is 34.9 Å². The predicted molar refractivity (Wildman–Crippen MR) is 69.0 cm³/mol. The van der Waals surface area contributed by atoms with Crippen LogP contribution >= 0.6 is 23.2 Å². The molecule has 18 heavy (non-hydrogen) atoms. The van der Waals surface area contributed by atoms with Crippen LogP contribution in [0.5, 0.6) is 0 Å². The Bertz CT molecular complexity index is 577. The van der Waals surface area contributed by atoms with Crippen molar-refractivity contribution in [2.24, 2.45) is 0 Å². The molecule has 0 aliphatic rings. The standard InChI is InChI=1S/C11H8Cl2N4O/c1-17(9-4-2-3-5-14-9)11(18)7-6-8(12)15-16-10(7)13/h2-6H,1H3. The van der Waals surface area contributed by atoms with Crippen molar-refractivity contribution < 1.29 is 4.79 Å². The van der Waals surface area contributed by atoms with E-state index in [1.807, 2.05) is 0 Å². The number of hydrogen-bond donors (Lipinski definition) is 0. The molecule has 0 N–H and O–H groups in total. The van der Waals surface area contributed by atoms with Gasteiger partial charge in [-0.1, -0.05) is 29.3 Å². The van der Waals surface area contributed by atoms with Gasteiger partial charge in [-0.15, -0.1) is 10.2 Å². The molecule has 0 saturated carbocycles. The molecule has 2 rings (SSSR count). The molecule has 0 atom stereocenters. The molecule has 0 fully saturated rings. The van der Waals surface area contributed by atoms with Crippen LogP contribution in [0.3, 0.4) is 0 Å². The van der Waals surface area contributed by atoms with Crippen LogP contribution in [0.4, 0.5) is 5.82 Å². The summed E-state index contributed by atoms with van der Waals surface area (Å²) in [6.07, 6.45) is 1.60. The van der Waals surface area contributed by atoms with Crippen molar-refractivity contribution in [1.82, 2.24) is 15.2 Å². The first-order valence-corrected chi connectivity index (χ1v) is 5.73. The summed E-state index contributed by atoms with van der Waals surface area (Å²) in [5.74, 6) is 0.155. The van der Waals surface area contributed by atoms with Gasteiger partial charge in [-0.3, -0.25) is 9.69 Å². The lowest BCUT2D eigenvalue weighted by Gasteiger charge is -2.16. The van der Waals surface area contributed by atoms with Crippen molar-refractivity contribution in [1.29, 1.82) is 0 Å². The molecule has 2 aromatic heterocycles. The number of nitrogens with zero attached hydrogens (tertiary/aromatic N) is 4. The zero-order chi connectivity index (χ0) is 13.1. The number of pyridine rings is 1. The predicted octanol–water partition coefficient (Wildman–Crippen LogP) is 2.46. The summed E-state index contributed by atoms with van der Waals surface area (Å²) in [5.41, 5.74) is 0.185. The summed E-state index contributed by atoms with van der Waals surface area (Å²) in [5, 5.41) is 7.26. The summed E-state index contributed by atoms with van der Waals surface area (Å²) in [4.78, 5) is 17.6. The van der Waals surface area contributed by atoms with E-state index in [0.717, 1.165) is 0 Å². The Morgan fingerprint density at radius 1 is 1.28 bits per heavy atom. The Hall–Kier alpha value is -1.72. The van der Waals surface area contributed by atoms with Crippen LogP contribution in [0, 0.1) is 0 Å². The fourth-order valence-corrected chi connectivity index (χ4v) is 1.66. The molecule has 1 amide bonds. The highest BCUT2D eigenvalue weighted by atomic mass is 35.5. The van der Waals surface area contributed by atoms with Gasteiger partial charge in [0.15, 0.2) is 10.3 Å². The van der Waals surface area contributed by atoms with E-state index in [1.54, 1.807) is 31.4 Å². The molecular formula is C11H8Cl2N4O. The van der Waals surface area contributed by atoms with Crippen molar-refractivity contribution in [3.63, 3.8) is 0 Å². The average Bonchev–Trinajstić information content (AvgIpc) is 2.41. The van der Waals surface area contributed by atoms with Crippen LogP contribution in [-0.2, 0) is 0 Å². The lowest BCUT2D eigenvalue weighted by atomic mass is 10.2. The molecule has 7 heteroatoms. The van der Waals surface area contributed by atoms with E-state index in [0.29, 0.717) is 5.82 Å². The molecule has 0 aliphatic carbocycles. The lowest BCUT2D eigenvalue weighted by Crippen LogP contribution is -2.27. The third kappa shape index (κ3) is 2.57. The summed E-state index contributed by atoms with van der Waals surface area (Å²) in [6, 6.07) is 6.63. The SMILES string of the molecule is CN(C(=O)c1cc(Cl)nnc1Cl)c1ccccn1. The minimum absolute atomic E-state index is 0.00665. The van der Waals surface area contributed by atoms with Gasteiger partial charge in [0.25, 0.3) is 5.91 Å². The minimum Gasteiger partial charge on any atom is -0.296 e. The Morgan fingerprint density at radius 2 is 2.06 bits per heavy atom. The van der Waals surface area contributed by atoms with E-state index >= 15 is 0 Å². The van der Waals surface area contributed by atoms with E-state index in [9.17, 15) is 4.79 Å². The maximum atomic E-state index is 12.2. The molecule has 2 heterocycles. The molecule has 0 unspecified atom stereocenters. The average molecular weight is 283 g/mol. The van der Waals surface area contributed by atoms with Gasteiger partial charge < -0.3 is 0 Å². The van der Waals surface area contributed by atoms with Gasteiger partial charge in [0.2, 0.25) is 0 Å². The van der Waals surface area contributed by atoms with Gasteiger partial charge in [0, 0.05) is 13.2 Å². The second-order valence-corrected chi connectivity index (χ2v) is 4.17. The third-order valence-corrected chi connectivity index (χ3v) is 2.71. The van der Waals surface area contributed by atoms with Crippen LogP contribution in [0.2, 0.25) is 10.3 Å². The van der Waals surface area contributed by atoms with Gasteiger partial charge >= 0.3 is 0 Å². The topological polar surface area (TPSA) is 59.0 Å². The second kappa shape index (κ2) is 5.29. The number of rotatable bonds is 2.